The van der Waals surface area contributed by atoms with E-state index >= 15 is 0 Å². The Morgan fingerprint density at radius 2 is 0.510 bits per heavy atom. The summed E-state index contributed by atoms with van der Waals surface area (Å²) in [5.74, 6) is 0.556. The third kappa shape index (κ3) is 8.09. The summed E-state index contributed by atoms with van der Waals surface area (Å²) in [6.07, 6.45) is 0. The lowest BCUT2D eigenvalue weighted by Gasteiger charge is -2.15. The number of fused-ring (bicyclic) bond motifs is 18. The predicted octanol–water partition coefficient (Wildman–Crippen LogP) is 24.3. The molecule has 0 saturated carbocycles. The summed E-state index contributed by atoms with van der Waals surface area (Å²) in [4.78, 5) is 11.2. The van der Waals surface area contributed by atoms with Crippen LogP contribution in [0.5, 0.6) is 0 Å². The van der Waals surface area contributed by atoms with Crippen molar-refractivity contribution in [2.45, 2.75) is 0 Å². The van der Waals surface area contributed by atoms with Crippen LogP contribution in [0.15, 0.2) is 321 Å². The number of aromatic nitrogens is 4. The average Bonchev–Trinajstić information content (AvgIpc) is 1.59. The van der Waals surface area contributed by atoms with Crippen LogP contribution in [0.2, 0.25) is 0 Å². The van der Waals surface area contributed by atoms with Gasteiger partial charge in [0, 0.05) is 81.4 Å². The van der Waals surface area contributed by atoms with E-state index in [-0.39, 0.29) is 0 Å². The van der Waals surface area contributed by atoms with Gasteiger partial charge in [0.05, 0.1) is 33.5 Å². The van der Waals surface area contributed by atoms with Crippen molar-refractivity contribution in [2.24, 2.45) is 0 Å². The van der Waals surface area contributed by atoms with Gasteiger partial charge < -0.3 is 22.2 Å². The molecule has 0 spiro atoms. The Morgan fingerprint density at radius 1 is 0.188 bits per heavy atom. The molecule has 0 radical (unpaired) electrons. The average molecular weight is 1230 g/mol. The van der Waals surface area contributed by atoms with Gasteiger partial charge in [-0.15, -0.1) is 0 Å². The molecule has 0 aliphatic carbocycles. The van der Waals surface area contributed by atoms with Crippen LogP contribution in [0.1, 0.15) is 0 Å². The largest absolute Gasteiger partial charge is 0.456 e. The molecule has 7 heterocycles. The quantitative estimate of drug-likeness (QED) is 0.151. The Bertz CT molecular complexity index is 6530. The summed E-state index contributed by atoms with van der Waals surface area (Å²) in [6.45, 7) is 0. The summed E-state index contributed by atoms with van der Waals surface area (Å²) in [5.41, 5.74) is 24.2. The molecular formula is C88H50N4O4. The van der Waals surface area contributed by atoms with E-state index in [2.05, 4.69) is 288 Å². The number of rotatable bonds is 8. The molecule has 0 amide bonds. The molecule has 21 aromatic rings. The maximum absolute atomic E-state index is 6.58. The summed E-state index contributed by atoms with van der Waals surface area (Å²) in [6, 6.07) is 108. The zero-order chi connectivity index (χ0) is 62.7. The van der Waals surface area contributed by atoms with Crippen molar-refractivity contribution in [2.75, 3.05) is 0 Å². The first kappa shape index (κ1) is 52.6. The molecule has 0 fully saturated rings. The fraction of sp³-hybridized carbons (Fsp3) is 0. The minimum absolute atomic E-state index is 0.556. The molecule has 7 aromatic heterocycles. The molecule has 0 bridgehead atoms. The normalized spacial score (nSPS) is 12.2. The fourth-order valence-electron chi connectivity index (χ4n) is 15.1. The molecule has 14 aromatic carbocycles. The van der Waals surface area contributed by atoms with E-state index < -0.39 is 0 Å². The van der Waals surface area contributed by atoms with Gasteiger partial charge in [0.25, 0.3) is 0 Å². The number of hydrogen-bond donors (Lipinski definition) is 0. The van der Waals surface area contributed by atoms with Gasteiger partial charge in [0.2, 0.25) is 5.95 Å². The van der Waals surface area contributed by atoms with Gasteiger partial charge in [-0.3, -0.25) is 4.57 Å². The minimum Gasteiger partial charge on any atom is -0.456 e. The van der Waals surface area contributed by atoms with Crippen LogP contribution in [0.4, 0.5) is 0 Å². The number of hydrogen-bond acceptors (Lipinski definition) is 6. The monoisotopic (exact) mass is 1230 g/mol. The van der Waals surface area contributed by atoms with Crippen LogP contribution >= 0.6 is 0 Å². The molecule has 0 N–H and O–H groups in total. The first-order valence-corrected chi connectivity index (χ1v) is 32.4. The first-order chi connectivity index (χ1) is 47.5. The van der Waals surface area contributed by atoms with E-state index in [9.17, 15) is 0 Å². The van der Waals surface area contributed by atoms with E-state index in [0.717, 1.165) is 204 Å². The molecular weight excluding hydrogens is 1180 g/mol. The zero-order valence-corrected chi connectivity index (χ0v) is 51.3. The Hall–Kier alpha value is -13.0. The van der Waals surface area contributed by atoms with Crippen molar-refractivity contribution in [3.63, 3.8) is 0 Å². The Labute approximate surface area is 547 Å². The van der Waals surface area contributed by atoms with Crippen LogP contribution in [0, 0.1) is 0 Å². The maximum Gasteiger partial charge on any atom is 0.235 e. The van der Waals surface area contributed by atoms with Crippen molar-refractivity contribution in [1.82, 2.24) is 19.1 Å². The van der Waals surface area contributed by atoms with E-state index in [1.165, 1.54) is 0 Å². The van der Waals surface area contributed by atoms with Gasteiger partial charge in [-0.2, -0.15) is 0 Å². The minimum atomic E-state index is 0.556. The second-order valence-electron chi connectivity index (χ2n) is 25.2. The van der Waals surface area contributed by atoms with Crippen LogP contribution in [-0.2, 0) is 0 Å². The molecule has 446 valence electrons. The number of furan rings is 4. The Balaban J connectivity index is 0.788. The highest BCUT2D eigenvalue weighted by Gasteiger charge is 2.24. The van der Waals surface area contributed by atoms with Crippen molar-refractivity contribution in [1.29, 1.82) is 0 Å². The first-order valence-electron chi connectivity index (χ1n) is 32.4. The van der Waals surface area contributed by atoms with Crippen LogP contribution in [0.3, 0.4) is 0 Å². The molecule has 8 nitrogen and oxygen atoms in total. The van der Waals surface area contributed by atoms with Gasteiger partial charge in [0.1, 0.15) is 44.7 Å². The van der Waals surface area contributed by atoms with E-state index in [0.29, 0.717) is 5.95 Å². The third-order valence-corrected chi connectivity index (χ3v) is 19.7. The number of para-hydroxylation sites is 4. The highest BCUT2D eigenvalue weighted by Crippen LogP contribution is 2.45. The highest BCUT2D eigenvalue weighted by atomic mass is 16.3. The molecule has 0 unspecified atom stereocenters. The van der Waals surface area contributed by atoms with Crippen molar-refractivity contribution in [3.8, 4) is 78.7 Å². The smallest absolute Gasteiger partial charge is 0.235 e. The lowest BCUT2D eigenvalue weighted by molar-refractivity contribution is 0.668. The highest BCUT2D eigenvalue weighted by molar-refractivity contribution is 6.20. The number of benzene rings is 14. The molecule has 96 heavy (non-hydrogen) atoms. The third-order valence-electron chi connectivity index (χ3n) is 19.7. The summed E-state index contributed by atoms with van der Waals surface area (Å²) < 4.78 is 30.6. The summed E-state index contributed by atoms with van der Waals surface area (Å²) >= 11 is 0. The van der Waals surface area contributed by atoms with Crippen molar-refractivity contribution >= 4 is 131 Å². The fourth-order valence-corrected chi connectivity index (χ4v) is 15.1. The standard InChI is InChI=1S/C88H50N4O4/c1-3-15-51(16-4-1)53-27-33-84-70(42-53)72-44-55(29-35-86(72)95-84)59-39-60(56-30-36-87-73(45-56)71-43-54(28-34-85(71)96-87)52-17-5-2-6-18-52)41-61(40-59)91-76-23-11-7-19-62(76)66-49-79-67(48-78(66)91)63-20-8-12-24-77(63)92(79)88-89-74(57-31-37-82-68(46-57)64-21-9-13-25-80(64)93-82)50-75(90-88)58-32-38-83-69(47-58)65-22-10-14-26-81(65)94-83/h1-50H. The van der Waals surface area contributed by atoms with E-state index in [1.807, 2.05) is 24.3 Å². The summed E-state index contributed by atoms with van der Waals surface area (Å²) in [7, 11) is 0. The lowest BCUT2D eigenvalue weighted by Crippen LogP contribution is -2.04. The Morgan fingerprint density at radius 3 is 0.948 bits per heavy atom. The van der Waals surface area contributed by atoms with Crippen molar-refractivity contribution in [3.05, 3.63) is 303 Å². The van der Waals surface area contributed by atoms with Gasteiger partial charge in [-0.05, 0) is 190 Å². The Kier molecular flexibility index (Phi) is 11.1. The van der Waals surface area contributed by atoms with Crippen molar-refractivity contribution < 1.29 is 17.7 Å². The number of nitrogens with zero attached hydrogens (tertiary/aromatic N) is 4. The van der Waals surface area contributed by atoms with Gasteiger partial charge in [0.15, 0.2) is 0 Å². The van der Waals surface area contributed by atoms with Crippen LogP contribution < -0.4 is 0 Å². The molecule has 21 rings (SSSR count). The van der Waals surface area contributed by atoms with Gasteiger partial charge in [-0.1, -0.05) is 158 Å². The maximum atomic E-state index is 6.58. The van der Waals surface area contributed by atoms with E-state index in [1.54, 1.807) is 0 Å². The lowest BCUT2D eigenvalue weighted by atomic mass is 9.95. The SMILES string of the molecule is c1ccc(-c2ccc3oc4ccc(-c5cc(-c6ccc7oc8ccc(-c9ccccc9)cc8c7c6)cc(-n6c7ccccc7c7cc8c(cc76)c6ccccc6n8-c6nc(-c7ccc8oc9ccccc9c8c7)cc(-c7ccc8oc9ccccc9c8c7)n6)c5)cc4c3c2)cc1. The molecule has 0 saturated heterocycles. The molecule has 0 atom stereocenters. The topological polar surface area (TPSA) is 88.2 Å². The molecule has 8 heteroatoms. The molecule has 0 aliphatic rings. The van der Waals surface area contributed by atoms with Crippen LogP contribution in [-0.4, -0.2) is 19.1 Å². The zero-order valence-electron chi connectivity index (χ0n) is 51.3. The second kappa shape index (κ2) is 20.2. The predicted molar refractivity (Wildman–Crippen MR) is 392 cm³/mol. The second-order valence-corrected chi connectivity index (χ2v) is 25.2. The summed E-state index contributed by atoms with van der Waals surface area (Å²) in [5, 5.41) is 12.8. The van der Waals surface area contributed by atoms with Gasteiger partial charge >= 0.3 is 0 Å². The van der Waals surface area contributed by atoms with Gasteiger partial charge in [-0.25, -0.2) is 9.97 Å². The van der Waals surface area contributed by atoms with Crippen LogP contribution in [0.25, 0.3) is 210 Å². The van der Waals surface area contributed by atoms with E-state index in [4.69, 9.17) is 27.6 Å². The molecule has 0 aliphatic heterocycles.